The lowest BCUT2D eigenvalue weighted by Crippen LogP contribution is -2.12. The van der Waals surface area contributed by atoms with E-state index >= 15 is 0 Å². The Kier molecular flexibility index (Phi) is 5.98. The second-order valence-electron chi connectivity index (χ2n) is 8.10. The monoisotopic (exact) mass is 412 g/mol. The third-order valence-electron chi connectivity index (χ3n) is 5.08. The molecule has 0 saturated carbocycles. The fourth-order valence-electron chi connectivity index (χ4n) is 3.57. The lowest BCUT2D eigenvalue weighted by atomic mass is 9.96. The Hall–Kier alpha value is -3.67. The van der Waals surface area contributed by atoms with Gasteiger partial charge in [0.2, 0.25) is 17.8 Å². The van der Waals surface area contributed by atoms with Crippen LogP contribution < -0.4 is 16.0 Å². The van der Waals surface area contributed by atoms with E-state index in [1.54, 1.807) is 0 Å². The van der Waals surface area contributed by atoms with Crippen LogP contribution in [0.25, 0.3) is 0 Å². The van der Waals surface area contributed by atoms with Crippen molar-refractivity contribution in [3.63, 3.8) is 0 Å². The molecule has 1 aliphatic carbocycles. The standard InChI is InChI=1S/C25H28N6/c1-16-7-5-9-20(14-16)26-23-29-24(27-21-10-6-8-17(2)15-21)31-25(30-23)28-22-12-11-18(3)13-19(22)4/h5-10,12-15,18H,11H2,1-4H3,(H3,26,27,28,29,30,31). The van der Waals surface area contributed by atoms with Gasteiger partial charge in [0.05, 0.1) is 0 Å². The van der Waals surface area contributed by atoms with E-state index in [1.807, 2.05) is 24.3 Å². The molecule has 1 atom stereocenters. The number of benzene rings is 2. The van der Waals surface area contributed by atoms with Crippen molar-refractivity contribution < 1.29 is 0 Å². The number of rotatable bonds is 6. The Balaban J connectivity index is 1.65. The second-order valence-corrected chi connectivity index (χ2v) is 8.10. The molecule has 6 heteroatoms. The minimum absolute atomic E-state index is 0.477. The van der Waals surface area contributed by atoms with Crippen molar-refractivity contribution in [2.75, 3.05) is 16.0 Å². The maximum absolute atomic E-state index is 4.61. The minimum Gasteiger partial charge on any atom is -0.324 e. The normalized spacial score (nSPS) is 15.7. The molecule has 3 aromatic rings. The largest absolute Gasteiger partial charge is 0.324 e. The fourth-order valence-corrected chi connectivity index (χ4v) is 3.57. The van der Waals surface area contributed by atoms with Gasteiger partial charge in [-0.3, -0.25) is 0 Å². The van der Waals surface area contributed by atoms with Gasteiger partial charge in [-0.25, -0.2) is 0 Å². The lowest BCUT2D eigenvalue weighted by Gasteiger charge is -2.18. The highest BCUT2D eigenvalue weighted by Crippen LogP contribution is 2.25. The first-order valence-electron chi connectivity index (χ1n) is 10.5. The fraction of sp³-hybridized carbons (Fsp3) is 0.240. The van der Waals surface area contributed by atoms with Crippen LogP contribution in [0, 0.1) is 19.8 Å². The number of hydrogen-bond donors (Lipinski definition) is 3. The highest BCUT2D eigenvalue weighted by molar-refractivity contribution is 5.61. The summed E-state index contributed by atoms with van der Waals surface area (Å²) in [7, 11) is 0. The maximum atomic E-state index is 4.61. The van der Waals surface area contributed by atoms with Gasteiger partial charge < -0.3 is 16.0 Å². The van der Waals surface area contributed by atoms with Gasteiger partial charge in [0.15, 0.2) is 0 Å². The van der Waals surface area contributed by atoms with Crippen molar-refractivity contribution in [3.05, 3.63) is 83.1 Å². The number of nitrogens with one attached hydrogen (secondary N) is 3. The van der Waals surface area contributed by atoms with Crippen molar-refractivity contribution >= 4 is 29.2 Å². The average Bonchev–Trinajstić information content (AvgIpc) is 2.70. The first-order valence-corrected chi connectivity index (χ1v) is 10.5. The Bertz CT molecular complexity index is 1080. The van der Waals surface area contributed by atoms with Crippen LogP contribution in [0.3, 0.4) is 0 Å². The van der Waals surface area contributed by atoms with E-state index in [0.717, 1.165) is 34.6 Å². The molecule has 0 radical (unpaired) electrons. The van der Waals surface area contributed by atoms with Gasteiger partial charge in [-0.2, -0.15) is 15.0 Å². The number of anilines is 5. The second kappa shape index (κ2) is 9.00. The van der Waals surface area contributed by atoms with Gasteiger partial charge in [0.1, 0.15) is 0 Å². The average molecular weight is 413 g/mol. The first-order chi connectivity index (χ1) is 14.9. The number of aryl methyl sites for hydroxylation is 2. The molecule has 6 nitrogen and oxygen atoms in total. The van der Waals surface area contributed by atoms with Crippen LogP contribution in [0.2, 0.25) is 0 Å². The van der Waals surface area contributed by atoms with Crippen LogP contribution in [0.1, 0.15) is 31.4 Å². The van der Waals surface area contributed by atoms with Crippen molar-refractivity contribution in [2.45, 2.75) is 34.1 Å². The number of allylic oxidation sites excluding steroid dienone is 3. The predicted molar refractivity (Wildman–Crippen MR) is 128 cm³/mol. The van der Waals surface area contributed by atoms with Gasteiger partial charge in [-0.1, -0.05) is 43.3 Å². The molecule has 0 saturated heterocycles. The number of nitrogens with zero attached hydrogens (tertiary/aromatic N) is 3. The molecular formula is C25H28N6. The van der Waals surface area contributed by atoms with E-state index in [9.17, 15) is 0 Å². The van der Waals surface area contributed by atoms with Crippen LogP contribution >= 0.6 is 0 Å². The summed E-state index contributed by atoms with van der Waals surface area (Å²) in [6, 6.07) is 16.2. The summed E-state index contributed by atoms with van der Waals surface area (Å²) in [5, 5.41) is 9.98. The first kappa shape index (κ1) is 20.6. The zero-order chi connectivity index (χ0) is 21.8. The van der Waals surface area contributed by atoms with E-state index in [0.29, 0.717) is 23.8 Å². The highest BCUT2D eigenvalue weighted by Gasteiger charge is 2.13. The van der Waals surface area contributed by atoms with Crippen LogP contribution in [0.5, 0.6) is 0 Å². The SMILES string of the molecule is CC1=CC(C)CC=C1Nc1nc(Nc2cccc(C)c2)nc(Nc2cccc(C)c2)n1. The van der Waals surface area contributed by atoms with Crippen LogP contribution in [0.15, 0.2) is 72.0 Å². The summed E-state index contributed by atoms with van der Waals surface area (Å²) in [6.07, 6.45) is 5.46. The molecule has 1 aliphatic rings. The Labute approximate surface area is 183 Å². The van der Waals surface area contributed by atoms with E-state index in [1.165, 1.54) is 5.57 Å². The summed E-state index contributed by atoms with van der Waals surface area (Å²) >= 11 is 0. The third-order valence-corrected chi connectivity index (χ3v) is 5.08. The third kappa shape index (κ3) is 5.48. The zero-order valence-corrected chi connectivity index (χ0v) is 18.4. The van der Waals surface area contributed by atoms with Crippen molar-refractivity contribution in [2.24, 2.45) is 5.92 Å². The number of aromatic nitrogens is 3. The van der Waals surface area contributed by atoms with Crippen LogP contribution in [-0.4, -0.2) is 15.0 Å². The smallest absolute Gasteiger partial charge is 0.233 e. The predicted octanol–water partition coefficient (Wildman–Crippen LogP) is 6.26. The van der Waals surface area contributed by atoms with Gasteiger partial charge in [0.25, 0.3) is 0 Å². The molecule has 0 amide bonds. The van der Waals surface area contributed by atoms with E-state index in [4.69, 9.17) is 0 Å². The number of hydrogen-bond acceptors (Lipinski definition) is 6. The van der Waals surface area contributed by atoms with Crippen LogP contribution in [-0.2, 0) is 0 Å². The highest BCUT2D eigenvalue weighted by atomic mass is 15.3. The molecule has 0 fully saturated rings. The molecule has 1 heterocycles. The van der Waals surface area contributed by atoms with Gasteiger partial charge in [-0.15, -0.1) is 0 Å². The van der Waals surface area contributed by atoms with E-state index in [-0.39, 0.29) is 0 Å². The summed E-state index contributed by atoms with van der Waals surface area (Å²) in [5.74, 6) is 1.99. The summed E-state index contributed by atoms with van der Waals surface area (Å²) < 4.78 is 0. The minimum atomic E-state index is 0.477. The molecule has 0 aliphatic heterocycles. The lowest BCUT2D eigenvalue weighted by molar-refractivity contribution is 0.722. The van der Waals surface area contributed by atoms with Gasteiger partial charge in [-0.05, 0) is 74.1 Å². The van der Waals surface area contributed by atoms with Crippen molar-refractivity contribution in [1.82, 2.24) is 15.0 Å². The summed E-state index contributed by atoms with van der Waals surface area (Å²) in [5.41, 5.74) is 6.42. The molecule has 4 rings (SSSR count). The van der Waals surface area contributed by atoms with Gasteiger partial charge in [0, 0.05) is 17.1 Å². The van der Waals surface area contributed by atoms with Gasteiger partial charge >= 0.3 is 0 Å². The summed E-state index contributed by atoms with van der Waals surface area (Å²) in [4.78, 5) is 13.8. The topological polar surface area (TPSA) is 74.8 Å². The maximum Gasteiger partial charge on any atom is 0.233 e. The quantitative estimate of drug-likeness (QED) is 0.444. The van der Waals surface area contributed by atoms with E-state index < -0.39 is 0 Å². The summed E-state index contributed by atoms with van der Waals surface area (Å²) in [6.45, 7) is 8.44. The Morgan fingerprint density at radius 3 is 1.74 bits per heavy atom. The molecule has 31 heavy (non-hydrogen) atoms. The molecule has 0 spiro atoms. The Morgan fingerprint density at radius 2 is 1.26 bits per heavy atom. The molecule has 158 valence electrons. The molecule has 1 unspecified atom stereocenters. The van der Waals surface area contributed by atoms with Crippen molar-refractivity contribution in [3.8, 4) is 0 Å². The zero-order valence-electron chi connectivity index (χ0n) is 18.4. The van der Waals surface area contributed by atoms with E-state index in [2.05, 4.69) is 95.0 Å². The van der Waals surface area contributed by atoms with Crippen molar-refractivity contribution in [1.29, 1.82) is 0 Å². The molecule has 3 N–H and O–H groups in total. The molecular weight excluding hydrogens is 384 g/mol. The molecule has 1 aromatic heterocycles. The molecule has 2 aromatic carbocycles. The molecule has 0 bridgehead atoms. The Morgan fingerprint density at radius 1 is 0.742 bits per heavy atom. The van der Waals surface area contributed by atoms with Crippen LogP contribution in [0.4, 0.5) is 29.2 Å².